The van der Waals surface area contributed by atoms with Gasteiger partial charge in [0.1, 0.15) is 0 Å². The summed E-state index contributed by atoms with van der Waals surface area (Å²) in [7, 11) is 0. The van der Waals surface area contributed by atoms with E-state index in [1.807, 2.05) is 36.4 Å². The Balaban J connectivity index is 1.36. The van der Waals surface area contributed by atoms with Gasteiger partial charge in [-0.1, -0.05) is 121 Å². The maximum absolute atomic E-state index is 9.08. The van der Waals surface area contributed by atoms with Crippen LogP contribution in [-0.4, -0.2) is 0 Å². The highest BCUT2D eigenvalue weighted by Crippen LogP contribution is 2.34. The number of hydrogen-bond acceptors (Lipinski definition) is 1. The molecule has 0 N–H and O–H groups in total. The Morgan fingerprint density at radius 3 is 1.46 bits per heavy atom. The summed E-state index contributed by atoms with van der Waals surface area (Å²) >= 11 is 0. The molecular weight excluding hydrogens is 494 g/mol. The molecule has 1 nitrogen and oxygen atoms in total. The molecule has 0 heterocycles. The molecule has 0 bridgehead atoms. The van der Waals surface area contributed by atoms with Crippen molar-refractivity contribution in [3.8, 4) is 18.4 Å². The molecule has 0 aliphatic carbocycles. The van der Waals surface area contributed by atoms with Crippen molar-refractivity contribution in [3.63, 3.8) is 0 Å². The SMILES string of the molecule is C#Cc1ccc(Cc2ccc(C(C(=C)CCc3ccccc3)c3ccc(Cc4ccc(C#N)cc4)cc3)cc2)cc1. The molecule has 0 radical (unpaired) electrons. The first-order valence-corrected chi connectivity index (χ1v) is 14.0. The van der Waals surface area contributed by atoms with Crippen molar-refractivity contribution in [2.45, 2.75) is 31.6 Å². The van der Waals surface area contributed by atoms with Crippen LogP contribution in [0, 0.1) is 23.7 Å². The van der Waals surface area contributed by atoms with Gasteiger partial charge in [0.15, 0.2) is 0 Å². The van der Waals surface area contributed by atoms with E-state index in [0.717, 1.165) is 31.2 Å². The fraction of sp³-hybridized carbons (Fsp3) is 0.125. The molecule has 0 spiro atoms. The van der Waals surface area contributed by atoms with E-state index in [9.17, 15) is 0 Å². The van der Waals surface area contributed by atoms with Crippen LogP contribution < -0.4 is 0 Å². The van der Waals surface area contributed by atoms with Gasteiger partial charge in [0.25, 0.3) is 0 Å². The summed E-state index contributed by atoms with van der Waals surface area (Å²) in [6.07, 6.45) is 9.11. The van der Waals surface area contributed by atoms with Crippen molar-refractivity contribution >= 4 is 0 Å². The van der Waals surface area contributed by atoms with Gasteiger partial charge in [0.05, 0.1) is 11.6 Å². The first-order valence-electron chi connectivity index (χ1n) is 14.0. The van der Waals surface area contributed by atoms with E-state index in [-0.39, 0.29) is 5.92 Å². The molecule has 0 saturated carbocycles. The lowest BCUT2D eigenvalue weighted by molar-refractivity contribution is 0.831. The smallest absolute Gasteiger partial charge is 0.0991 e. The zero-order valence-electron chi connectivity index (χ0n) is 23.3. The van der Waals surface area contributed by atoms with E-state index in [0.29, 0.717) is 5.56 Å². The lowest BCUT2D eigenvalue weighted by Gasteiger charge is -2.22. The number of aryl methyl sites for hydroxylation is 1. The van der Waals surface area contributed by atoms with E-state index in [1.54, 1.807) is 0 Å². The standard InChI is InChI=1S/C40H33N/c1-3-31-11-13-33(14-12-31)27-35-19-23-38(24-20-35)40(30(2)9-10-32-7-5-4-6-8-32)39-25-21-36(22-26-39)28-34-15-17-37(29-41)18-16-34/h1,4-8,11-26,40H,2,9-10,27-28H2. The third kappa shape index (κ3) is 7.30. The topological polar surface area (TPSA) is 23.8 Å². The highest BCUT2D eigenvalue weighted by Gasteiger charge is 2.18. The van der Waals surface area contributed by atoms with Crippen LogP contribution in [0.2, 0.25) is 0 Å². The number of nitrogens with zero attached hydrogens (tertiary/aromatic N) is 1. The second-order valence-corrected chi connectivity index (χ2v) is 10.6. The van der Waals surface area contributed by atoms with Crippen molar-refractivity contribution < 1.29 is 0 Å². The van der Waals surface area contributed by atoms with Crippen LogP contribution in [0.3, 0.4) is 0 Å². The molecule has 1 unspecified atom stereocenters. The van der Waals surface area contributed by atoms with Crippen LogP contribution >= 0.6 is 0 Å². The van der Waals surface area contributed by atoms with Crippen LogP contribution in [0.5, 0.6) is 0 Å². The maximum atomic E-state index is 9.08. The van der Waals surface area contributed by atoms with Gasteiger partial charge in [0.2, 0.25) is 0 Å². The quantitative estimate of drug-likeness (QED) is 0.131. The first-order chi connectivity index (χ1) is 20.1. The molecule has 198 valence electrons. The monoisotopic (exact) mass is 527 g/mol. The summed E-state index contributed by atoms with van der Waals surface area (Å²) in [4.78, 5) is 0. The minimum Gasteiger partial charge on any atom is -0.192 e. The van der Waals surface area contributed by atoms with Crippen molar-refractivity contribution in [1.29, 1.82) is 5.26 Å². The van der Waals surface area contributed by atoms with Gasteiger partial charge >= 0.3 is 0 Å². The van der Waals surface area contributed by atoms with Crippen molar-refractivity contribution in [2.24, 2.45) is 0 Å². The minimum atomic E-state index is 0.117. The normalized spacial score (nSPS) is 11.3. The highest BCUT2D eigenvalue weighted by molar-refractivity contribution is 5.44. The number of allylic oxidation sites excluding steroid dienone is 1. The average Bonchev–Trinajstić information content (AvgIpc) is 3.03. The predicted octanol–water partition coefficient (Wildman–Crippen LogP) is 9.04. The first kappa shape index (κ1) is 27.5. The lowest BCUT2D eigenvalue weighted by atomic mass is 9.82. The Morgan fingerprint density at radius 1 is 0.585 bits per heavy atom. The molecule has 0 aliphatic heterocycles. The van der Waals surface area contributed by atoms with Crippen LogP contribution in [0.25, 0.3) is 0 Å². The van der Waals surface area contributed by atoms with Crippen molar-refractivity contribution in [1.82, 2.24) is 0 Å². The second-order valence-electron chi connectivity index (χ2n) is 10.6. The Labute approximate surface area is 244 Å². The van der Waals surface area contributed by atoms with Gasteiger partial charge < -0.3 is 0 Å². The van der Waals surface area contributed by atoms with Gasteiger partial charge in [-0.05, 0) is 88.9 Å². The summed E-state index contributed by atoms with van der Waals surface area (Å²) in [6.45, 7) is 4.59. The zero-order chi connectivity index (χ0) is 28.4. The average molecular weight is 528 g/mol. The number of nitriles is 1. The molecule has 1 heteroatoms. The van der Waals surface area contributed by atoms with E-state index < -0.39 is 0 Å². The highest BCUT2D eigenvalue weighted by atomic mass is 14.2. The Kier molecular flexibility index (Phi) is 8.91. The van der Waals surface area contributed by atoms with Gasteiger partial charge in [-0.3, -0.25) is 0 Å². The van der Waals surface area contributed by atoms with Crippen LogP contribution in [0.1, 0.15) is 62.4 Å². The fourth-order valence-electron chi connectivity index (χ4n) is 5.30. The van der Waals surface area contributed by atoms with Gasteiger partial charge in [0, 0.05) is 11.5 Å². The van der Waals surface area contributed by atoms with Crippen LogP contribution in [-0.2, 0) is 19.3 Å². The lowest BCUT2D eigenvalue weighted by Crippen LogP contribution is -2.06. The molecule has 0 fully saturated rings. The molecular formula is C40H33N. The second kappa shape index (κ2) is 13.3. The van der Waals surface area contributed by atoms with Gasteiger partial charge in [-0.2, -0.15) is 5.26 Å². The third-order valence-electron chi connectivity index (χ3n) is 7.63. The number of terminal acetylenes is 1. The van der Waals surface area contributed by atoms with E-state index in [4.69, 9.17) is 11.7 Å². The summed E-state index contributed by atoms with van der Waals surface area (Å²) in [5.41, 5.74) is 11.6. The van der Waals surface area contributed by atoms with Crippen LogP contribution in [0.4, 0.5) is 0 Å². The maximum Gasteiger partial charge on any atom is 0.0991 e. The molecule has 1 atom stereocenters. The predicted molar refractivity (Wildman–Crippen MR) is 170 cm³/mol. The largest absolute Gasteiger partial charge is 0.192 e. The Hall–Kier alpha value is -5.11. The third-order valence-corrected chi connectivity index (χ3v) is 7.63. The molecule has 0 aliphatic rings. The summed E-state index contributed by atoms with van der Waals surface area (Å²) < 4.78 is 0. The summed E-state index contributed by atoms with van der Waals surface area (Å²) in [5.74, 6) is 2.80. The van der Waals surface area contributed by atoms with Gasteiger partial charge in [-0.15, -0.1) is 6.42 Å². The number of benzene rings is 5. The fourth-order valence-corrected chi connectivity index (χ4v) is 5.30. The number of hydrogen-bond donors (Lipinski definition) is 0. The van der Waals surface area contributed by atoms with E-state index in [2.05, 4.69) is 110 Å². The van der Waals surface area contributed by atoms with Crippen molar-refractivity contribution in [2.75, 3.05) is 0 Å². The minimum absolute atomic E-state index is 0.117. The molecule has 5 aromatic carbocycles. The Bertz CT molecular complexity index is 1560. The zero-order valence-corrected chi connectivity index (χ0v) is 23.3. The Morgan fingerprint density at radius 2 is 1.02 bits per heavy atom. The van der Waals surface area contributed by atoms with Gasteiger partial charge in [-0.25, -0.2) is 0 Å². The summed E-state index contributed by atoms with van der Waals surface area (Å²) in [6, 6.07) is 46.8. The van der Waals surface area contributed by atoms with E-state index in [1.165, 1.54) is 44.5 Å². The molecule has 0 amide bonds. The van der Waals surface area contributed by atoms with E-state index >= 15 is 0 Å². The summed E-state index contributed by atoms with van der Waals surface area (Å²) in [5, 5.41) is 9.08. The molecule has 5 rings (SSSR count). The molecule has 41 heavy (non-hydrogen) atoms. The number of rotatable bonds is 10. The van der Waals surface area contributed by atoms with Crippen molar-refractivity contribution in [3.05, 3.63) is 190 Å². The molecule has 5 aromatic rings. The van der Waals surface area contributed by atoms with Crippen LogP contribution in [0.15, 0.2) is 140 Å². The molecule has 0 aromatic heterocycles. The molecule has 0 saturated heterocycles.